The molecule has 4 aromatic rings. The fourth-order valence-corrected chi connectivity index (χ4v) is 4.54. The number of aromatic nitrogens is 2. The van der Waals surface area contributed by atoms with Gasteiger partial charge in [-0.2, -0.15) is 0 Å². The molecule has 0 fully saturated rings. The molecule has 4 rings (SSSR count). The molecule has 0 bridgehead atoms. The van der Waals surface area contributed by atoms with E-state index in [9.17, 15) is 12.8 Å². The highest BCUT2D eigenvalue weighted by atomic mass is 32.2. The SMILES string of the molecule is O=S(=O)(c1ccccc1)N(CCF)c1ccc(C#Cc2cc3cnccc3[nH]2)cc1. The second-order valence-corrected chi connectivity index (χ2v) is 8.38. The van der Waals surface area contributed by atoms with Crippen molar-refractivity contribution in [3.05, 3.63) is 90.4 Å². The summed E-state index contributed by atoms with van der Waals surface area (Å²) in [5.41, 5.74) is 2.82. The molecule has 0 saturated heterocycles. The molecule has 0 aliphatic rings. The number of hydrogen-bond donors (Lipinski definition) is 1. The van der Waals surface area contributed by atoms with Crippen molar-refractivity contribution in [3.8, 4) is 11.8 Å². The second-order valence-electron chi connectivity index (χ2n) is 6.52. The molecule has 0 atom stereocenters. The van der Waals surface area contributed by atoms with Crippen LogP contribution in [0.2, 0.25) is 0 Å². The van der Waals surface area contributed by atoms with E-state index in [1.54, 1.807) is 54.9 Å². The Morgan fingerprint density at radius 2 is 1.77 bits per heavy atom. The molecule has 0 unspecified atom stereocenters. The van der Waals surface area contributed by atoms with E-state index >= 15 is 0 Å². The highest BCUT2D eigenvalue weighted by Gasteiger charge is 2.24. The zero-order chi connectivity index (χ0) is 21.0. The monoisotopic (exact) mass is 419 g/mol. The minimum Gasteiger partial charge on any atom is -0.348 e. The van der Waals surface area contributed by atoms with Gasteiger partial charge in [-0.25, -0.2) is 12.8 Å². The third kappa shape index (κ3) is 4.04. The average molecular weight is 419 g/mol. The minimum absolute atomic E-state index is 0.121. The summed E-state index contributed by atoms with van der Waals surface area (Å²) in [5, 5.41) is 0.977. The molecule has 0 radical (unpaired) electrons. The molecule has 30 heavy (non-hydrogen) atoms. The zero-order valence-corrected chi connectivity index (χ0v) is 16.7. The van der Waals surface area contributed by atoms with Gasteiger partial charge in [0.2, 0.25) is 0 Å². The van der Waals surface area contributed by atoms with E-state index in [2.05, 4.69) is 21.8 Å². The van der Waals surface area contributed by atoms with Crippen LogP contribution >= 0.6 is 0 Å². The molecular formula is C23H18FN3O2S. The first-order chi connectivity index (χ1) is 14.6. The van der Waals surface area contributed by atoms with Crippen LogP contribution in [0.25, 0.3) is 10.9 Å². The van der Waals surface area contributed by atoms with Crippen molar-refractivity contribution in [1.29, 1.82) is 0 Å². The Kier molecular flexibility index (Phi) is 5.50. The molecule has 0 saturated carbocycles. The van der Waals surface area contributed by atoms with Crippen LogP contribution < -0.4 is 4.31 Å². The van der Waals surface area contributed by atoms with Crippen LogP contribution in [0.15, 0.2) is 84.0 Å². The van der Waals surface area contributed by atoms with Gasteiger partial charge >= 0.3 is 0 Å². The van der Waals surface area contributed by atoms with Gasteiger partial charge in [0.05, 0.1) is 22.8 Å². The maximum absolute atomic E-state index is 13.1. The summed E-state index contributed by atoms with van der Waals surface area (Å²) in [6.45, 7) is -1.05. The smallest absolute Gasteiger partial charge is 0.264 e. The number of pyridine rings is 1. The first kappa shape index (κ1) is 19.7. The van der Waals surface area contributed by atoms with Gasteiger partial charge in [-0.1, -0.05) is 24.1 Å². The molecule has 150 valence electrons. The second kappa shape index (κ2) is 8.39. The molecule has 0 spiro atoms. The third-order valence-electron chi connectivity index (χ3n) is 4.54. The van der Waals surface area contributed by atoms with Gasteiger partial charge in [0.1, 0.15) is 6.67 Å². The highest BCUT2D eigenvalue weighted by molar-refractivity contribution is 7.92. The summed E-state index contributed by atoms with van der Waals surface area (Å²) in [6.07, 6.45) is 3.47. The Hall–Kier alpha value is -3.63. The normalized spacial score (nSPS) is 11.1. The largest absolute Gasteiger partial charge is 0.348 e. The Labute approximate surface area is 174 Å². The van der Waals surface area contributed by atoms with Gasteiger partial charge in [0.25, 0.3) is 10.0 Å². The van der Waals surface area contributed by atoms with Crippen LogP contribution in [0, 0.1) is 11.8 Å². The van der Waals surface area contributed by atoms with Crippen molar-refractivity contribution in [2.75, 3.05) is 17.5 Å². The number of H-pyrrole nitrogens is 1. The van der Waals surface area contributed by atoms with Gasteiger partial charge in [-0.05, 0) is 54.5 Å². The summed E-state index contributed by atoms with van der Waals surface area (Å²) in [7, 11) is -3.85. The number of alkyl halides is 1. The predicted molar refractivity (Wildman–Crippen MR) is 115 cm³/mol. The quantitative estimate of drug-likeness (QED) is 0.495. The third-order valence-corrected chi connectivity index (χ3v) is 6.38. The van der Waals surface area contributed by atoms with E-state index in [1.165, 1.54) is 12.1 Å². The molecule has 2 aromatic carbocycles. The maximum atomic E-state index is 13.1. The number of nitrogens with zero attached hydrogens (tertiary/aromatic N) is 2. The summed E-state index contributed by atoms with van der Waals surface area (Å²) in [5.74, 6) is 6.10. The Morgan fingerprint density at radius 1 is 1.00 bits per heavy atom. The topological polar surface area (TPSA) is 66.1 Å². The molecule has 0 aliphatic heterocycles. The van der Waals surface area contributed by atoms with Crippen LogP contribution in [-0.2, 0) is 10.0 Å². The standard InChI is InChI=1S/C23H18FN3O2S/c24-13-15-27(30(28,29)22-4-2-1-3-5-22)21-10-7-18(8-11-21)6-9-20-16-19-17-25-14-12-23(19)26-20/h1-5,7-8,10-12,14,16-17,26H,13,15H2. The van der Waals surface area contributed by atoms with Gasteiger partial charge in [0, 0.05) is 28.9 Å². The fourth-order valence-electron chi connectivity index (χ4n) is 3.07. The molecule has 0 amide bonds. The molecular weight excluding hydrogens is 401 g/mol. The summed E-state index contributed by atoms with van der Waals surface area (Å²) in [6, 6.07) is 18.5. The number of sulfonamides is 1. The van der Waals surface area contributed by atoms with E-state index < -0.39 is 16.7 Å². The van der Waals surface area contributed by atoms with Crippen molar-refractivity contribution in [2.45, 2.75) is 4.90 Å². The van der Waals surface area contributed by atoms with Gasteiger partial charge in [-0.15, -0.1) is 0 Å². The molecule has 2 aromatic heterocycles. The van der Waals surface area contributed by atoms with E-state index in [0.29, 0.717) is 11.3 Å². The lowest BCUT2D eigenvalue weighted by Crippen LogP contribution is -2.32. The number of fused-ring (bicyclic) bond motifs is 1. The first-order valence-electron chi connectivity index (χ1n) is 9.26. The van der Waals surface area contributed by atoms with Crippen molar-refractivity contribution < 1.29 is 12.8 Å². The first-order valence-corrected chi connectivity index (χ1v) is 10.7. The summed E-state index contributed by atoms with van der Waals surface area (Å²) < 4.78 is 40.0. The lowest BCUT2D eigenvalue weighted by atomic mass is 10.2. The van der Waals surface area contributed by atoms with Crippen LogP contribution in [0.4, 0.5) is 10.1 Å². The zero-order valence-electron chi connectivity index (χ0n) is 15.9. The van der Waals surface area contributed by atoms with E-state index in [-0.39, 0.29) is 11.4 Å². The van der Waals surface area contributed by atoms with E-state index in [1.807, 2.05) is 12.1 Å². The number of nitrogens with one attached hydrogen (secondary N) is 1. The van der Waals surface area contributed by atoms with Crippen molar-refractivity contribution in [2.24, 2.45) is 0 Å². The maximum Gasteiger partial charge on any atom is 0.264 e. The molecule has 2 heterocycles. The highest BCUT2D eigenvalue weighted by Crippen LogP contribution is 2.24. The number of aromatic amines is 1. The molecule has 1 N–H and O–H groups in total. The minimum atomic E-state index is -3.85. The Balaban J connectivity index is 1.60. The van der Waals surface area contributed by atoms with Crippen molar-refractivity contribution >= 4 is 26.6 Å². The summed E-state index contributed by atoms with van der Waals surface area (Å²) in [4.78, 5) is 7.41. The number of hydrogen-bond acceptors (Lipinski definition) is 3. The average Bonchev–Trinajstić information content (AvgIpc) is 3.20. The number of benzene rings is 2. The van der Waals surface area contributed by atoms with Crippen LogP contribution in [-0.4, -0.2) is 31.6 Å². The number of halogens is 1. The predicted octanol–water partition coefficient (Wildman–Crippen LogP) is 4.13. The van der Waals surface area contributed by atoms with Gasteiger partial charge < -0.3 is 4.98 Å². The van der Waals surface area contributed by atoms with Crippen molar-refractivity contribution in [1.82, 2.24) is 9.97 Å². The van der Waals surface area contributed by atoms with Gasteiger partial charge in [0.15, 0.2) is 0 Å². The Morgan fingerprint density at radius 3 is 2.47 bits per heavy atom. The lowest BCUT2D eigenvalue weighted by molar-refractivity contribution is 0.499. The molecule has 7 heteroatoms. The molecule has 5 nitrogen and oxygen atoms in total. The van der Waals surface area contributed by atoms with E-state index in [4.69, 9.17) is 0 Å². The molecule has 0 aliphatic carbocycles. The van der Waals surface area contributed by atoms with E-state index in [0.717, 1.165) is 20.9 Å². The van der Waals surface area contributed by atoms with Crippen LogP contribution in [0.5, 0.6) is 0 Å². The summed E-state index contributed by atoms with van der Waals surface area (Å²) >= 11 is 0. The van der Waals surface area contributed by atoms with Crippen LogP contribution in [0.3, 0.4) is 0 Å². The lowest BCUT2D eigenvalue weighted by Gasteiger charge is -2.23. The fraction of sp³-hybridized carbons (Fsp3) is 0.0870. The van der Waals surface area contributed by atoms with Crippen LogP contribution in [0.1, 0.15) is 11.3 Å². The number of rotatable bonds is 5. The van der Waals surface area contributed by atoms with Gasteiger partial charge in [-0.3, -0.25) is 9.29 Å². The van der Waals surface area contributed by atoms with Crippen molar-refractivity contribution in [3.63, 3.8) is 0 Å². The number of anilines is 1. The Bertz CT molecular complexity index is 1290.